The summed E-state index contributed by atoms with van der Waals surface area (Å²) < 4.78 is 29.4. The molecule has 0 heterocycles. The molecule has 2 aliphatic rings. The minimum absolute atomic E-state index is 0.262. The molecule has 0 saturated heterocycles. The highest BCUT2D eigenvalue weighted by atomic mass is 28.3. The van der Waals surface area contributed by atoms with Crippen LogP contribution in [0.25, 0.3) is 33.0 Å². The number of nitrogens with zero attached hydrogens (tertiary/aromatic N) is 2. The van der Waals surface area contributed by atoms with Crippen LogP contribution >= 0.6 is 0 Å². The van der Waals surface area contributed by atoms with Gasteiger partial charge in [0.15, 0.2) is 0 Å². The molecule has 0 atom stereocenters. The molecule has 9 aromatic carbocycles. The van der Waals surface area contributed by atoms with Crippen LogP contribution in [0.3, 0.4) is 0 Å². The molecule has 0 aromatic heterocycles. The van der Waals surface area contributed by atoms with Crippen LogP contribution in [0.5, 0.6) is 0 Å². The first kappa shape index (κ1) is 40.9. The molecule has 0 N–H and O–H groups in total. The van der Waals surface area contributed by atoms with Gasteiger partial charge < -0.3 is 9.80 Å². The van der Waals surface area contributed by atoms with E-state index in [0.717, 1.165) is 39.5 Å². The van der Waals surface area contributed by atoms with Crippen LogP contribution in [0.4, 0.5) is 42.9 Å². The standard InChI is InChI=1S/C59H50F2N2Si2/c1-64(2,3)56-24-13-11-22-54(56)62(41-30-26-39(60)27-31-41)43-34-35-46-47-36-37-53(63(42-32-28-40(61)29-33-42)55-23-12-14-25-57(55)65(4,5)6)48-18-15-21-51(58(47)48)59(52(46)38-43)49-19-9-7-16-44(49)45-17-8-10-20-50(45)59/h7-38H,1-6H3. The van der Waals surface area contributed by atoms with Crippen LogP contribution in [0, 0.1) is 11.6 Å². The summed E-state index contributed by atoms with van der Waals surface area (Å²) >= 11 is 0. The minimum Gasteiger partial charge on any atom is -0.311 e. The van der Waals surface area contributed by atoms with E-state index in [1.807, 2.05) is 24.3 Å². The fourth-order valence-electron chi connectivity index (χ4n) is 10.9. The van der Waals surface area contributed by atoms with E-state index in [9.17, 15) is 8.78 Å². The zero-order valence-electron chi connectivity index (χ0n) is 37.6. The highest BCUT2D eigenvalue weighted by Crippen LogP contribution is 2.63. The van der Waals surface area contributed by atoms with Gasteiger partial charge in [0.2, 0.25) is 0 Å². The highest BCUT2D eigenvalue weighted by Gasteiger charge is 2.50. The minimum atomic E-state index is -1.87. The van der Waals surface area contributed by atoms with Gasteiger partial charge in [-0.2, -0.15) is 0 Å². The van der Waals surface area contributed by atoms with Crippen molar-refractivity contribution in [2.24, 2.45) is 0 Å². The van der Waals surface area contributed by atoms with Crippen molar-refractivity contribution in [1.82, 2.24) is 0 Å². The maximum atomic E-state index is 14.7. The topological polar surface area (TPSA) is 6.48 Å². The van der Waals surface area contributed by atoms with Crippen molar-refractivity contribution >= 4 is 71.4 Å². The maximum absolute atomic E-state index is 14.7. The van der Waals surface area contributed by atoms with Crippen LogP contribution in [0.2, 0.25) is 39.3 Å². The lowest BCUT2D eigenvalue weighted by molar-refractivity contribution is 0.627. The average molecular weight is 881 g/mol. The van der Waals surface area contributed by atoms with E-state index in [0.29, 0.717) is 0 Å². The predicted molar refractivity (Wildman–Crippen MR) is 275 cm³/mol. The summed E-state index contributed by atoms with van der Waals surface area (Å²) in [4.78, 5) is 4.69. The van der Waals surface area contributed by atoms with Crippen LogP contribution < -0.4 is 20.2 Å². The van der Waals surface area contributed by atoms with Crippen molar-refractivity contribution in [3.8, 4) is 22.3 Å². The van der Waals surface area contributed by atoms with Crippen molar-refractivity contribution in [2.45, 2.75) is 44.7 Å². The van der Waals surface area contributed by atoms with E-state index in [4.69, 9.17) is 0 Å². The number of rotatable bonds is 8. The summed E-state index contributed by atoms with van der Waals surface area (Å²) in [7, 11) is -3.74. The first-order chi connectivity index (χ1) is 31.4. The molecule has 1 spiro atoms. The Labute approximate surface area is 383 Å². The summed E-state index contributed by atoms with van der Waals surface area (Å²) in [5, 5.41) is 4.99. The number of fused-ring (bicyclic) bond motifs is 9. The molecule has 2 aliphatic carbocycles. The first-order valence-corrected chi connectivity index (χ1v) is 29.6. The molecule has 0 fully saturated rings. The molecular formula is C59H50F2N2Si2. The van der Waals surface area contributed by atoms with Gasteiger partial charge in [0, 0.05) is 33.8 Å². The predicted octanol–water partition coefficient (Wildman–Crippen LogP) is 15.5. The van der Waals surface area contributed by atoms with Crippen LogP contribution in [0.15, 0.2) is 194 Å². The lowest BCUT2D eigenvalue weighted by atomic mass is 9.61. The second kappa shape index (κ2) is 15.1. The Kier molecular flexibility index (Phi) is 9.51. The molecule has 9 aromatic rings. The van der Waals surface area contributed by atoms with E-state index in [-0.39, 0.29) is 11.6 Å². The van der Waals surface area contributed by atoms with Gasteiger partial charge in [0.05, 0.1) is 27.3 Å². The summed E-state index contributed by atoms with van der Waals surface area (Å²) in [5.74, 6) is -0.524. The third-order valence-corrected chi connectivity index (χ3v) is 17.7. The van der Waals surface area contributed by atoms with Gasteiger partial charge >= 0.3 is 0 Å². The number of hydrogen-bond donors (Lipinski definition) is 0. The largest absolute Gasteiger partial charge is 0.311 e. The van der Waals surface area contributed by atoms with Gasteiger partial charge in [0.25, 0.3) is 0 Å². The normalized spacial score (nSPS) is 13.4. The SMILES string of the molecule is C[Si](C)(C)c1ccccc1N(c1ccc(F)cc1)c1ccc2c(c1)C1(c3ccccc3-c3ccccc31)c1cccc3c(N(c4ccc(F)cc4)c4ccccc4[Si](C)(C)C)ccc-2c13. The Morgan fingerprint density at radius 2 is 0.800 bits per heavy atom. The molecule has 0 bridgehead atoms. The molecular weight excluding hydrogens is 831 g/mol. The van der Waals surface area contributed by atoms with Crippen LogP contribution in [0.1, 0.15) is 22.3 Å². The Morgan fingerprint density at radius 3 is 1.37 bits per heavy atom. The first-order valence-electron chi connectivity index (χ1n) is 22.6. The van der Waals surface area contributed by atoms with Crippen LogP contribution in [-0.2, 0) is 5.41 Å². The fraction of sp³-hybridized carbons (Fsp3) is 0.119. The Balaban J connectivity index is 1.25. The van der Waals surface area contributed by atoms with Crippen LogP contribution in [-0.4, -0.2) is 16.1 Å². The molecule has 0 radical (unpaired) electrons. The van der Waals surface area contributed by atoms with E-state index in [1.165, 1.54) is 60.3 Å². The number of halogens is 2. The maximum Gasteiger partial charge on any atom is 0.123 e. The average Bonchev–Trinajstić information content (AvgIpc) is 3.60. The zero-order chi connectivity index (χ0) is 44.8. The lowest BCUT2D eigenvalue weighted by Gasteiger charge is -2.41. The van der Waals surface area contributed by atoms with Gasteiger partial charge in [-0.05, 0) is 139 Å². The third-order valence-electron chi connectivity index (χ3n) is 13.6. The van der Waals surface area contributed by atoms with Gasteiger partial charge in [-0.3, -0.25) is 0 Å². The van der Waals surface area contributed by atoms with Gasteiger partial charge in [-0.1, -0.05) is 155 Å². The summed E-state index contributed by atoms with van der Waals surface area (Å²) in [6.45, 7) is 14.3. The number of benzene rings is 9. The van der Waals surface area contributed by atoms with E-state index in [2.05, 4.69) is 195 Å². The summed E-state index contributed by atoms with van der Waals surface area (Å²) in [6, 6.07) is 67.7. The quantitative estimate of drug-likeness (QED) is 0.140. The summed E-state index contributed by atoms with van der Waals surface area (Å²) in [5.41, 5.74) is 15.1. The van der Waals surface area contributed by atoms with Crippen molar-refractivity contribution in [3.05, 3.63) is 228 Å². The molecule has 11 rings (SSSR count). The molecule has 65 heavy (non-hydrogen) atoms. The number of hydrogen-bond acceptors (Lipinski definition) is 2. The lowest BCUT2D eigenvalue weighted by Crippen LogP contribution is -2.40. The fourth-order valence-corrected chi connectivity index (χ4v) is 14.0. The molecule has 0 amide bonds. The van der Waals surface area contributed by atoms with Crippen molar-refractivity contribution in [2.75, 3.05) is 9.80 Å². The van der Waals surface area contributed by atoms with Crippen molar-refractivity contribution in [1.29, 1.82) is 0 Å². The van der Waals surface area contributed by atoms with E-state index >= 15 is 0 Å². The number of para-hydroxylation sites is 2. The molecule has 0 saturated carbocycles. The second-order valence-corrected chi connectivity index (χ2v) is 29.7. The molecule has 6 heteroatoms. The molecule has 0 unspecified atom stereocenters. The van der Waals surface area contributed by atoms with Gasteiger partial charge in [-0.25, -0.2) is 8.78 Å². The van der Waals surface area contributed by atoms with E-state index < -0.39 is 21.6 Å². The monoisotopic (exact) mass is 880 g/mol. The van der Waals surface area contributed by atoms with Gasteiger partial charge in [0.1, 0.15) is 11.6 Å². The molecule has 318 valence electrons. The van der Waals surface area contributed by atoms with Crippen molar-refractivity contribution < 1.29 is 8.78 Å². The number of anilines is 6. The Bertz CT molecular complexity index is 3280. The van der Waals surface area contributed by atoms with Gasteiger partial charge in [-0.15, -0.1) is 0 Å². The van der Waals surface area contributed by atoms with Crippen molar-refractivity contribution in [3.63, 3.8) is 0 Å². The smallest absolute Gasteiger partial charge is 0.123 e. The van der Waals surface area contributed by atoms with E-state index in [1.54, 1.807) is 24.3 Å². The highest BCUT2D eigenvalue weighted by molar-refractivity contribution is 6.90. The molecule has 2 nitrogen and oxygen atoms in total. The Morgan fingerprint density at radius 1 is 0.354 bits per heavy atom. The Hall–Kier alpha value is -6.87. The summed E-state index contributed by atoms with van der Waals surface area (Å²) in [6.07, 6.45) is 0. The third kappa shape index (κ3) is 6.37. The zero-order valence-corrected chi connectivity index (χ0v) is 39.6. The second-order valence-electron chi connectivity index (χ2n) is 19.6. The molecule has 0 aliphatic heterocycles.